The molecule has 0 aliphatic carbocycles. The van der Waals surface area contributed by atoms with Crippen molar-refractivity contribution in [3.8, 4) is 11.5 Å². The molecule has 2 heterocycles. The van der Waals surface area contributed by atoms with Crippen LogP contribution in [-0.2, 0) is 16.0 Å². The number of allylic oxidation sites excluding steroid dienone is 1. The molecule has 1 fully saturated rings. The Hall–Kier alpha value is -4.47. The molecule has 0 radical (unpaired) electrons. The van der Waals surface area contributed by atoms with Gasteiger partial charge < -0.3 is 30.5 Å². The molecule has 0 saturated carbocycles. The van der Waals surface area contributed by atoms with E-state index >= 15 is 0 Å². The number of benzene rings is 3. The van der Waals surface area contributed by atoms with Gasteiger partial charge in [0.15, 0.2) is 23.6 Å². The zero-order valence-corrected chi connectivity index (χ0v) is 34.0. The van der Waals surface area contributed by atoms with E-state index in [-0.39, 0.29) is 11.3 Å². The number of rotatable bonds is 8. The summed E-state index contributed by atoms with van der Waals surface area (Å²) in [5.41, 5.74) is 3.26. The summed E-state index contributed by atoms with van der Waals surface area (Å²) in [6.45, 7) is 27.6. The first kappa shape index (κ1) is 47.5. The van der Waals surface area contributed by atoms with Crippen molar-refractivity contribution in [2.75, 3.05) is 51.0 Å². The highest BCUT2D eigenvalue weighted by Gasteiger charge is 2.31. The van der Waals surface area contributed by atoms with Gasteiger partial charge in [0, 0.05) is 32.4 Å². The fourth-order valence-corrected chi connectivity index (χ4v) is 5.14. The third-order valence-electron chi connectivity index (χ3n) is 7.69. The van der Waals surface area contributed by atoms with E-state index in [9.17, 15) is 14.0 Å². The maximum atomic E-state index is 14.8. The summed E-state index contributed by atoms with van der Waals surface area (Å²) in [6.07, 6.45) is 7.16. The first-order chi connectivity index (χ1) is 25.0. The SMILES string of the molecule is C=C(C)C.C=CCNC.CC.CC.CC1CCCN1C.CCNC(=O)/C(C=O)=C/N1c2cc3ccccc3cc2Oc2c(NC)c(F)cc(CC)c21. The van der Waals surface area contributed by atoms with Gasteiger partial charge in [-0.1, -0.05) is 70.5 Å². The minimum Gasteiger partial charge on any atom is -0.451 e. The van der Waals surface area contributed by atoms with Gasteiger partial charge in [-0.2, -0.15) is 0 Å². The number of likely N-dealkylation sites (N-methyl/N-ethyl adjacent to an activating group) is 2. The Morgan fingerprint density at radius 1 is 1.06 bits per heavy atom. The molecule has 0 bridgehead atoms. The van der Waals surface area contributed by atoms with Crippen molar-refractivity contribution < 1.29 is 18.7 Å². The van der Waals surface area contributed by atoms with Crippen molar-refractivity contribution in [1.82, 2.24) is 15.5 Å². The van der Waals surface area contributed by atoms with E-state index in [4.69, 9.17) is 4.74 Å². The fraction of sp³-hybridized carbons (Fsp3) is 0.442. The lowest BCUT2D eigenvalue weighted by molar-refractivity contribution is -0.119. The van der Waals surface area contributed by atoms with Crippen molar-refractivity contribution in [2.24, 2.45) is 0 Å². The van der Waals surface area contributed by atoms with Gasteiger partial charge in [-0.3, -0.25) is 9.59 Å². The van der Waals surface area contributed by atoms with Crippen LogP contribution >= 0.6 is 0 Å². The Bertz CT molecular complexity index is 1570. The lowest BCUT2D eigenvalue weighted by Gasteiger charge is -2.34. The number of fused-ring (bicyclic) bond motifs is 3. The number of ether oxygens (including phenoxy) is 1. The zero-order valence-electron chi connectivity index (χ0n) is 34.0. The number of nitrogens with one attached hydrogen (secondary N) is 3. The van der Waals surface area contributed by atoms with E-state index in [1.54, 1.807) is 18.9 Å². The molecule has 1 unspecified atom stereocenters. The Balaban J connectivity index is 0.00000107. The Morgan fingerprint density at radius 3 is 2.06 bits per heavy atom. The van der Waals surface area contributed by atoms with Gasteiger partial charge in [0.1, 0.15) is 5.69 Å². The minimum atomic E-state index is -0.480. The van der Waals surface area contributed by atoms with Gasteiger partial charge >= 0.3 is 0 Å². The van der Waals surface area contributed by atoms with E-state index in [0.29, 0.717) is 47.7 Å². The van der Waals surface area contributed by atoms with E-state index in [1.165, 1.54) is 37.2 Å². The molecule has 3 aromatic carbocycles. The second-order valence-corrected chi connectivity index (χ2v) is 11.9. The van der Waals surface area contributed by atoms with Gasteiger partial charge in [-0.15, -0.1) is 13.2 Å². The molecule has 1 amide bonds. The Labute approximate surface area is 314 Å². The van der Waals surface area contributed by atoms with Crippen LogP contribution in [0.4, 0.5) is 21.5 Å². The molecule has 3 N–H and O–H groups in total. The van der Waals surface area contributed by atoms with Crippen molar-refractivity contribution in [1.29, 1.82) is 0 Å². The second kappa shape index (κ2) is 26.3. The lowest BCUT2D eigenvalue weighted by atomic mass is 10.0. The number of carbonyl (C=O) groups excluding carboxylic acids is 2. The number of nitrogens with zero attached hydrogens (tertiary/aromatic N) is 2. The summed E-state index contributed by atoms with van der Waals surface area (Å²) in [4.78, 5) is 28.4. The van der Waals surface area contributed by atoms with Crippen LogP contribution in [0, 0.1) is 5.82 Å². The molecule has 1 saturated heterocycles. The number of likely N-dealkylation sites (tertiary alicyclic amines) is 1. The Kier molecular flexibility index (Phi) is 24.1. The summed E-state index contributed by atoms with van der Waals surface area (Å²) in [5, 5.41) is 10.4. The van der Waals surface area contributed by atoms with Crippen molar-refractivity contribution in [2.45, 2.75) is 87.6 Å². The predicted octanol–water partition coefficient (Wildman–Crippen LogP) is 10.2. The summed E-state index contributed by atoms with van der Waals surface area (Å²) < 4.78 is 21.1. The van der Waals surface area contributed by atoms with Crippen molar-refractivity contribution in [3.63, 3.8) is 0 Å². The number of hydrogen-bond donors (Lipinski definition) is 3. The Morgan fingerprint density at radius 2 is 1.65 bits per heavy atom. The number of amides is 1. The summed E-state index contributed by atoms with van der Waals surface area (Å²) in [5.74, 6) is -0.107. The van der Waals surface area contributed by atoms with E-state index in [2.05, 4.69) is 48.0 Å². The maximum Gasteiger partial charge on any atom is 0.256 e. The van der Waals surface area contributed by atoms with Gasteiger partial charge in [0.25, 0.3) is 5.91 Å². The molecule has 9 heteroatoms. The van der Waals surface area contributed by atoms with Gasteiger partial charge in [0.05, 0.1) is 16.9 Å². The molecular formula is C43H66FN5O3. The van der Waals surface area contributed by atoms with E-state index < -0.39 is 11.7 Å². The topological polar surface area (TPSA) is 85.9 Å². The zero-order chi connectivity index (χ0) is 39.8. The number of anilines is 3. The van der Waals surface area contributed by atoms with Crippen LogP contribution in [0.25, 0.3) is 10.8 Å². The third-order valence-corrected chi connectivity index (χ3v) is 7.69. The van der Waals surface area contributed by atoms with Crippen LogP contribution < -0.4 is 25.6 Å². The summed E-state index contributed by atoms with van der Waals surface area (Å²) in [6, 6.07) is 13.9. The van der Waals surface area contributed by atoms with Crippen molar-refractivity contribution >= 4 is 40.0 Å². The first-order valence-electron chi connectivity index (χ1n) is 18.5. The highest BCUT2D eigenvalue weighted by molar-refractivity contribution is 6.11. The number of halogens is 1. The molecule has 5 rings (SSSR count). The number of aryl methyl sites for hydroxylation is 1. The molecule has 8 nitrogen and oxygen atoms in total. The summed E-state index contributed by atoms with van der Waals surface area (Å²) in [7, 11) is 5.70. The minimum absolute atomic E-state index is 0.0452. The van der Waals surface area contributed by atoms with E-state index in [1.807, 2.05) is 98.0 Å². The van der Waals surface area contributed by atoms with Gasteiger partial charge in [-0.05, 0) is 102 Å². The van der Waals surface area contributed by atoms with Crippen LogP contribution in [0.2, 0.25) is 0 Å². The molecule has 2 aliphatic heterocycles. The van der Waals surface area contributed by atoms with Crippen LogP contribution in [0.1, 0.15) is 80.7 Å². The quantitative estimate of drug-likeness (QED) is 0.0703. The molecule has 288 valence electrons. The van der Waals surface area contributed by atoms with Gasteiger partial charge in [-0.25, -0.2) is 4.39 Å². The monoisotopic (exact) mass is 720 g/mol. The fourth-order valence-electron chi connectivity index (χ4n) is 5.14. The van der Waals surface area contributed by atoms with Gasteiger partial charge in [0.2, 0.25) is 0 Å². The predicted molar refractivity (Wildman–Crippen MR) is 223 cm³/mol. The van der Waals surface area contributed by atoms with Crippen LogP contribution in [0.3, 0.4) is 0 Å². The first-order valence-corrected chi connectivity index (χ1v) is 18.5. The molecular weight excluding hydrogens is 654 g/mol. The van der Waals surface area contributed by atoms with E-state index in [0.717, 1.165) is 23.4 Å². The van der Waals surface area contributed by atoms with Crippen LogP contribution in [-0.4, -0.2) is 63.9 Å². The molecule has 3 aromatic rings. The smallest absolute Gasteiger partial charge is 0.256 e. The maximum absolute atomic E-state index is 14.8. The summed E-state index contributed by atoms with van der Waals surface area (Å²) >= 11 is 0. The standard InChI is InChI=1S/C25H24FN3O3.C6H13N.C4H9N.C4H8.2C2H6/c1-4-15-10-19(26)22(27-3)24-23(15)29(13-18(14-30)25(31)28-5-2)20-11-16-8-6-7-9-17(16)12-21(20)32-24;1-6-4-3-5-7(6)2;1-3-4-5-2;1-4(2)3;2*1-2/h6-14,27H,4-5H2,1-3H3,(H,28,31);6H,3-5H2,1-2H3;3,5H,1,4H2,2H3;1H2,2-3H3;2*1-2H3/b18-13+;;;;;. The largest absolute Gasteiger partial charge is 0.451 e. The highest BCUT2D eigenvalue weighted by atomic mass is 19.1. The molecule has 0 aromatic heterocycles. The molecule has 1 atom stereocenters. The molecule has 2 aliphatic rings. The number of carbonyl (C=O) groups is 2. The average molecular weight is 720 g/mol. The average Bonchev–Trinajstić information content (AvgIpc) is 3.52. The second-order valence-electron chi connectivity index (χ2n) is 11.9. The van der Waals surface area contributed by atoms with Crippen molar-refractivity contribution in [3.05, 3.63) is 90.4 Å². The highest BCUT2D eigenvalue weighted by Crippen LogP contribution is 2.53. The molecule has 52 heavy (non-hydrogen) atoms. The lowest BCUT2D eigenvalue weighted by Crippen LogP contribution is -2.27. The van der Waals surface area contributed by atoms with Crippen LogP contribution in [0.5, 0.6) is 11.5 Å². The number of hydrogen-bond acceptors (Lipinski definition) is 7. The van der Waals surface area contributed by atoms with Crippen LogP contribution in [0.15, 0.2) is 79.0 Å². The number of aldehydes is 1. The molecule has 0 spiro atoms. The third kappa shape index (κ3) is 14.3. The normalized spacial score (nSPS) is 13.8.